The van der Waals surface area contributed by atoms with E-state index in [0.29, 0.717) is 16.9 Å². The maximum Gasteiger partial charge on any atom is 0.320 e. The lowest BCUT2D eigenvalue weighted by molar-refractivity contribution is -0.134. The van der Waals surface area contributed by atoms with E-state index in [1.54, 1.807) is 48.6 Å². The van der Waals surface area contributed by atoms with Crippen molar-refractivity contribution in [2.24, 2.45) is 5.73 Å². The van der Waals surface area contributed by atoms with Gasteiger partial charge in [0.1, 0.15) is 17.7 Å². The standard InChI is InChI=1S/C25H31ClN4O5S.2ClH/c1-2-29-13-10-21(11-14-29)35-23-9-8-20(16-22(23)26)30(36(33,34)17-24(31)32)12-4-6-18-5-3-7-19(15-18)25(27)28;;/h3-9,15-16,21H,2,10-14,17H2,1H3,(H3,27,28)(H,31,32);2*1H/b6-4+;;. The van der Waals surface area contributed by atoms with Crippen LogP contribution in [0.3, 0.4) is 0 Å². The summed E-state index contributed by atoms with van der Waals surface area (Å²) in [6.07, 6.45) is 5.05. The van der Waals surface area contributed by atoms with E-state index in [9.17, 15) is 13.2 Å². The lowest BCUT2D eigenvalue weighted by Gasteiger charge is -2.31. The number of nitrogens with zero attached hydrogens (tertiary/aromatic N) is 2. The van der Waals surface area contributed by atoms with E-state index in [4.69, 9.17) is 32.6 Å². The van der Waals surface area contributed by atoms with Gasteiger partial charge in [0.25, 0.3) is 0 Å². The van der Waals surface area contributed by atoms with Crippen molar-refractivity contribution in [2.75, 3.05) is 36.2 Å². The third-order valence-electron chi connectivity index (χ3n) is 5.90. The Bertz CT molecular complexity index is 1240. The average molecular weight is 608 g/mol. The van der Waals surface area contributed by atoms with Crippen LogP contribution in [0.2, 0.25) is 5.02 Å². The molecule has 38 heavy (non-hydrogen) atoms. The van der Waals surface area contributed by atoms with Gasteiger partial charge in [-0.1, -0.05) is 48.9 Å². The van der Waals surface area contributed by atoms with Gasteiger partial charge >= 0.3 is 5.97 Å². The first-order chi connectivity index (χ1) is 17.1. The number of nitrogens with two attached hydrogens (primary N) is 1. The summed E-state index contributed by atoms with van der Waals surface area (Å²) in [5.74, 6) is -2.14. The lowest BCUT2D eigenvalue weighted by Crippen LogP contribution is -2.38. The molecule has 0 aromatic heterocycles. The molecule has 3 rings (SSSR count). The van der Waals surface area contributed by atoms with Crippen molar-refractivity contribution in [1.82, 2.24) is 4.90 Å². The van der Waals surface area contributed by atoms with E-state index >= 15 is 0 Å². The number of ether oxygens (including phenoxy) is 1. The van der Waals surface area contributed by atoms with Gasteiger partial charge in [-0.2, -0.15) is 0 Å². The van der Waals surface area contributed by atoms with Crippen LogP contribution < -0.4 is 14.8 Å². The molecular weight excluding hydrogens is 575 g/mol. The summed E-state index contributed by atoms with van der Waals surface area (Å²) >= 11 is 6.46. The first-order valence-electron chi connectivity index (χ1n) is 11.6. The highest BCUT2D eigenvalue weighted by Gasteiger charge is 2.26. The highest BCUT2D eigenvalue weighted by molar-refractivity contribution is 7.93. The van der Waals surface area contributed by atoms with Gasteiger partial charge in [0.15, 0.2) is 5.75 Å². The molecule has 210 valence electrons. The lowest BCUT2D eigenvalue weighted by atomic mass is 10.1. The summed E-state index contributed by atoms with van der Waals surface area (Å²) in [6.45, 7) is 4.89. The number of nitrogens with one attached hydrogen (secondary N) is 1. The number of likely N-dealkylation sites (tertiary alicyclic amines) is 1. The zero-order valence-electron chi connectivity index (χ0n) is 20.9. The maximum atomic E-state index is 12.9. The number of carbonyl (C=O) groups is 1. The summed E-state index contributed by atoms with van der Waals surface area (Å²) in [4.78, 5) is 13.6. The van der Waals surface area contributed by atoms with E-state index < -0.39 is 21.7 Å². The number of carboxylic acids is 1. The molecule has 9 nitrogen and oxygen atoms in total. The van der Waals surface area contributed by atoms with Gasteiger partial charge < -0.3 is 20.5 Å². The van der Waals surface area contributed by atoms with Crippen LogP contribution in [0.15, 0.2) is 48.5 Å². The summed E-state index contributed by atoms with van der Waals surface area (Å²) in [7, 11) is -4.19. The fourth-order valence-corrected chi connectivity index (χ4v) is 5.41. The monoisotopic (exact) mass is 606 g/mol. The number of carboxylic acid groups (broad SMARTS) is 1. The highest BCUT2D eigenvalue weighted by Crippen LogP contribution is 2.32. The fourth-order valence-electron chi connectivity index (χ4n) is 3.97. The Kier molecular flexibility index (Phi) is 13.4. The first-order valence-corrected chi connectivity index (χ1v) is 13.6. The smallest absolute Gasteiger partial charge is 0.320 e. The molecule has 0 amide bonds. The van der Waals surface area contributed by atoms with Crippen LogP contribution in [-0.4, -0.2) is 68.3 Å². The van der Waals surface area contributed by atoms with Crippen molar-refractivity contribution >= 4 is 70.0 Å². The van der Waals surface area contributed by atoms with Crippen LogP contribution >= 0.6 is 36.4 Å². The van der Waals surface area contributed by atoms with E-state index in [1.807, 2.05) is 0 Å². The van der Waals surface area contributed by atoms with E-state index in [1.165, 1.54) is 6.07 Å². The third kappa shape index (κ3) is 9.36. The molecule has 1 aliphatic rings. The summed E-state index contributed by atoms with van der Waals surface area (Å²) in [6, 6.07) is 11.6. The second-order valence-corrected chi connectivity index (χ2v) is 10.8. The van der Waals surface area contributed by atoms with Gasteiger partial charge in [-0.25, -0.2) is 8.42 Å². The number of aliphatic carboxylic acids is 1. The van der Waals surface area contributed by atoms with Crippen molar-refractivity contribution in [3.63, 3.8) is 0 Å². The zero-order chi connectivity index (χ0) is 26.3. The van der Waals surface area contributed by atoms with Crippen molar-refractivity contribution in [1.29, 1.82) is 5.41 Å². The Balaban J connectivity index is 0.00000361. The van der Waals surface area contributed by atoms with Crippen molar-refractivity contribution in [2.45, 2.75) is 25.9 Å². The number of hydrogen-bond acceptors (Lipinski definition) is 6. The number of sulfonamides is 1. The van der Waals surface area contributed by atoms with E-state index in [0.717, 1.165) is 36.8 Å². The van der Waals surface area contributed by atoms with Gasteiger partial charge in [0, 0.05) is 18.7 Å². The number of hydrogen-bond donors (Lipinski definition) is 3. The van der Waals surface area contributed by atoms with Crippen molar-refractivity contribution in [3.8, 4) is 5.75 Å². The van der Waals surface area contributed by atoms with Crippen LogP contribution in [0.1, 0.15) is 30.9 Å². The Morgan fingerprint density at radius 2 is 1.92 bits per heavy atom. The van der Waals surface area contributed by atoms with Gasteiger partial charge in [-0.3, -0.25) is 14.5 Å². The molecule has 0 bridgehead atoms. The zero-order valence-corrected chi connectivity index (χ0v) is 24.1. The molecule has 1 fully saturated rings. The molecule has 4 N–H and O–H groups in total. The van der Waals surface area contributed by atoms with Crippen LogP contribution in [0, 0.1) is 5.41 Å². The Hall–Kier alpha value is -2.50. The molecule has 1 saturated heterocycles. The van der Waals surface area contributed by atoms with Gasteiger partial charge in [-0.05, 0) is 49.2 Å². The minimum Gasteiger partial charge on any atom is -0.489 e. The number of halogens is 3. The minimum absolute atomic E-state index is 0. The molecule has 0 aliphatic carbocycles. The second-order valence-electron chi connectivity index (χ2n) is 8.49. The molecule has 2 aromatic carbocycles. The largest absolute Gasteiger partial charge is 0.489 e. The molecule has 13 heteroatoms. The molecule has 0 saturated carbocycles. The molecule has 0 atom stereocenters. The highest BCUT2D eigenvalue weighted by atomic mass is 35.5. The topological polar surface area (TPSA) is 137 Å². The SMILES string of the molecule is CCN1CCC(Oc2ccc(N(C/C=C/c3cccc(C(=N)N)c3)S(=O)(=O)CC(=O)O)cc2Cl)CC1.Cl.Cl. The van der Waals surface area contributed by atoms with Gasteiger partial charge in [0.05, 0.1) is 17.3 Å². The predicted molar refractivity (Wildman–Crippen MR) is 157 cm³/mol. The number of amidine groups is 1. The quantitative estimate of drug-likeness (QED) is 0.256. The van der Waals surface area contributed by atoms with Crippen LogP contribution in [-0.2, 0) is 14.8 Å². The first kappa shape index (κ1) is 33.5. The van der Waals surface area contributed by atoms with E-state index in [2.05, 4.69) is 11.8 Å². The number of piperidine rings is 1. The van der Waals surface area contributed by atoms with E-state index in [-0.39, 0.29) is 54.0 Å². The Morgan fingerprint density at radius 3 is 2.50 bits per heavy atom. The van der Waals surface area contributed by atoms with Gasteiger partial charge in [-0.15, -0.1) is 24.8 Å². The minimum atomic E-state index is -4.19. The Labute approximate surface area is 241 Å². The second kappa shape index (κ2) is 15.2. The summed E-state index contributed by atoms with van der Waals surface area (Å²) in [5.41, 5.74) is 7.01. The van der Waals surface area contributed by atoms with Gasteiger partial charge in [0.2, 0.25) is 10.0 Å². The van der Waals surface area contributed by atoms with Crippen molar-refractivity contribution < 1.29 is 23.1 Å². The number of rotatable bonds is 11. The van der Waals surface area contributed by atoms with Crippen LogP contribution in [0.5, 0.6) is 5.75 Å². The predicted octanol–water partition coefficient (Wildman–Crippen LogP) is 4.26. The number of nitrogen functional groups attached to an aromatic ring is 1. The summed E-state index contributed by atoms with van der Waals surface area (Å²) < 4.78 is 32.8. The van der Waals surface area contributed by atoms with Crippen LogP contribution in [0.25, 0.3) is 6.08 Å². The molecule has 1 aliphatic heterocycles. The fraction of sp³-hybridized carbons (Fsp3) is 0.360. The number of anilines is 1. The third-order valence-corrected chi connectivity index (χ3v) is 7.84. The van der Waals surface area contributed by atoms with Crippen LogP contribution in [0.4, 0.5) is 5.69 Å². The molecule has 0 radical (unpaired) electrons. The average Bonchev–Trinajstić information content (AvgIpc) is 2.83. The Morgan fingerprint density at radius 1 is 1.24 bits per heavy atom. The van der Waals surface area contributed by atoms with Crippen molar-refractivity contribution in [3.05, 3.63) is 64.7 Å². The molecule has 0 unspecified atom stereocenters. The molecule has 0 spiro atoms. The molecule has 1 heterocycles. The normalized spacial score (nSPS) is 14.4. The molecular formula is C25H33Cl3N4O5S. The molecule has 2 aromatic rings. The maximum absolute atomic E-state index is 12.9. The number of benzene rings is 2. The summed E-state index contributed by atoms with van der Waals surface area (Å²) in [5, 5.41) is 17.0.